The zero-order chi connectivity index (χ0) is 34.7. The Morgan fingerprint density at radius 1 is 0.680 bits per heavy atom. The van der Waals surface area contributed by atoms with Gasteiger partial charge in [0, 0.05) is 43.4 Å². The van der Waals surface area contributed by atoms with E-state index in [0.29, 0.717) is 17.8 Å². The van der Waals surface area contributed by atoms with Gasteiger partial charge in [0.05, 0.1) is 13.7 Å². The Morgan fingerprint density at radius 2 is 1.42 bits per heavy atom. The van der Waals surface area contributed by atoms with Crippen molar-refractivity contribution < 1.29 is 24.5 Å². The van der Waals surface area contributed by atoms with Crippen LogP contribution in [0.25, 0.3) is 55.6 Å². The Kier molecular flexibility index (Phi) is 11.7. The van der Waals surface area contributed by atoms with Gasteiger partial charge in [0.1, 0.15) is 5.58 Å². The van der Waals surface area contributed by atoms with E-state index in [1.54, 1.807) is 0 Å². The topological polar surface area (TPSA) is 38.9 Å². The summed E-state index contributed by atoms with van der Waals surface area (Å²) >= 11 is 0. The van der Waals surface area contributed by atoms with Crippen LogP contribution in [-0.4, -0.2) is 18.0 Å². The molecule has 1 atom stereocenters. The number of nitrogens with zero attached hydrogens (tertiary/aromatic N) is 2. The molecule has 50 heavy (non-hydrogen) atoms. The van der Waals surface area contributed by atoms with Crippen LogP contribution in [0.4, 0.5) is 0 Å². The van der Waals surface area contributed by atoms with Gasteiger partial charge in [-0.15, -0.1) is 54.1 Å². The first-order valence-electron chi connectivity index (χ1n) is 17.4. The van der Waals surface area contributed by atoms with Gasteiger partial charge in [0.2, 0.25) is 0 Å². The normalized spacial score (nSPS) is 12.1. The molecule has 0 fully saturated rings. The summed E-state index contributed by atoms with van der Waals surface area (Å²) in [6.07, 6.45) is 3.99. The van der Waals surface area contributed by atoms with Crippen molar-refractivity contribution in [2.45, 2.75) is 66.1 Å². The number of furan rings is 1. The maximum atomic E-state index is 6.50. The van der Waals surface area contributed by atoms with Gasteiger partial charge in [-0.3, -0.25) is 0 Å². The molecule has 0 aliphatic carbocycles. The summed E-state index contributed by atoms with van der Waals surface area (Å²) in [6, 6.07) is 42.0. The molecule has 7 aromatic rings. The van der Waals surface area contributed by atoms with Crippen LogP contribution in [-0.2, 0) is 20.1 Å². The molecular weight excluding hydrogens is 805 g/mol. The van der Waals surface area contributed by atoms with Crippen molar-refractivity contribution in [3.05, 3.63) is 139 Å². The molecule has 0 N–H and O–H groups in total. The summed E-state index contributed by atoms with van der Waals surface area (Å²) in [6.45, 7) is 18.4. The van der Waals surface area contributed by atoms with Gasteiger partial charge in [-0.05, 0) is 46.0 Å². The van der Waals surface area contributed by atoms with Crippen LogP contribution in [0, 0.1) is 18.1 Å². The predicted molar refractivity (Wildman–Crippen MR) is 210 cm³/mol. The third-order valence-corrected chi connectivity index (χ3v) is 11.5. The molecule has 3 nitrogen and oxygen atoms in total. The monoisotopic (exact) mass is 851 g/mol. The molecule has 3 aromatic heterocycles. The fraction of sp³-hybridized carbons (Fsp3) is 0.244. The molecule has 0 saturated carbocycles. The largest absolute Gasteiger partial charge is 0.500 e. The van der Waals surface area contributed by atoms with E-state index in [0.717, 1.165) is 55.6 Å². The minimum absolute atomic E-state index is 0. The molecule has 0 saturated heterocycles. The van der Waals surface area contributed by atoms with Crippen molar-refractivity contribution in [2.75, 3.05) is 0 Å². The number of hydrogen-bond acceptors (Lipinski definition) is 3. The molecule has 0 spiro atoms. The smallest absolute Gasteiger partial charge is 0.128 e. The average Bonchev–Trinajstić information content (AvgIpc) is 3.51. The van der Waals surface area contributed by atoms with Gasteiger partial charge in [-0.25, -0.2) is 0 Å². The van der Waals surface area contributed by atoms with Crippen molar-refractivity contribution in [3.63, 3.8) is 0 Å². The third-order valence-electron chi connectivity index (χ3n) is 9.46. The number of aromatic nitrogens is 2. The SMILES string of the molecule is CC(C)C(C)c1ccnc(-c2[c-]ccc3c2oc2c(-c4ccccc4)cccc23)c1.CC(C)c1cc(-c2[c-]cccc2)ncc1[Si](C)(C)C.[Ir]. The van der Waals surface area contributed by atoms with Gasteiger partial charge in [0.15, 0.2) is 0 Å². The van der Waals surface area contributed by atoms with E-state index in [1.807, 2.05) is 36.5 Å². The molecular formula is C45H46IrN2OSi-2. The summed E-state index contributed by atoms with van der Waals surface area (Å²) in [7, 11) is -1.34. The van der Waals surface area contributed by atoms with E-state index >= 15 is 0 Å². The Labute approximate surface area is 312 Å². The van der Waals surface area contributed by atoms with Crippen LogP contribution in [0.5, 0.6) is 0 Å². The molecule has 1 radical (unpaired) electrons. The van der Waals surface area contributed by atoms with Gasteiger partial charge in [-0.2, -0.15) is 0 Å². The first-order chi connectivity index (χ1) is 23.5. The van der Waals surface area contributed by atoms with E-state index in [1.165, 1.54) is 16.3 Å². The van der Waals surface area contributed by atoms with Crippen LogP contribution >= 0.6 is 0 Å². The van der Waals surface area contributed by atoms with Gasteiger partial charge < -0.3 is 14.4 Å². The number of benzene rings is 4. The molecule has 5 heteroatoms. The second-order valence-electron chi connectivity index (χ2n) is 14.6. The zero-order valence-corrected chi connectivity index (χ0v) is 33.7. The number of hydrogen-bond donors (Lipinski definition) is 0. The molecule has 3 heterocycles. The standard InChI is InChI=1S/C28H24NO.C17H22NSi.Ir/c1-18(2)19(3)21-15-16-29-26(17-21)25-14-8-13-24-23-12-7-11-22(27(23)30-28(24)25)20-9-5-4-6-10-20;1-13(2)15-11-16(14-9-7-6-8-10-14)18-12-17(15)19(3,4)5;/h4-13,15-19H,1-3H3;6-9,11-13H,1-5H3;/q2*-1;. The quantitative estimate of drug-likeness (QED) is 0.118. The maximum absolute atomic E-state index is 6.50. The summed E-state index contributed by atoms with van der Waals surface area (Å²) in [4.78, 5) is 9.32. The van der Waals surface area contributed by atoms with E-state index in [4.69, 9.17) is 4.42 Å². The Balaban J connectivity index is 0.000000211. The van der Waals surface area contributed by atoms with E-state index in [-0.39, 0.29) is 20.1 Å². The fourth-order valence-corrected chi connectivity index (χ4v) is 8.00. The molecule has 7 rings (SSSR count). The summed E-state index contributed by atoms with van der Waals surface area (Å²) in [5, 5.41) is 3.69. The van der Waals surface area contributed by atoms with Gasteiger partial charge in [0.25, 0.3) is 0 Å². The van der Waals surface area contributed by atoms with Crippen molar-refractivity contribution >= 4 is 35.2 Å². The Morgan fingerprint density at radius 3 is 2.10 bits per heavy atom. The van der Waals surface area contributed by atoms with Crippen molar-refractivity contribution in [1.29, 1.82) is 0 Å². The van der Waals surface area contributed by atoms with Crippen LogP contribution in [0.15, 0.2) is 120 Å². The predicted octanol–water partition coefficient (Wildman–Crippen LogP) is 12.1. The molecule has 257 valence electrons. The number of pyridine rings is 2. The fourth-order valence-electron chi connectivity index (χ4n) is 6.33. The van der Waals surface area contributed by atoms with Crippen molar-refractivity contribution in [1.82, 2.24) is 9.97 Å². The Hall–Kier alpha value is -4.15. The third kappa shape index (κ3) is 7.91. The average molecular weight is 851 g/mol. The van der Waals surface area contributed by atoms with Crippen molar-refractivity contribution in [3.8, 4) is 33.6 Å². The summed E-state index contributed by atoms with van der Waals surface area (Å²) in [5.41, 5.74) is 10.7. The van der Waals surface area contributed by atoms with Crippen LogP contribution in [0.3, 0.4) is 0 Å². The molecule has 0 aliphatic rings. The zero-order valence-electron chi connectivity index (χ0n) is 30.3. The second kappa shape index (κ2) is 15.8. The maximum Gasteiger partial charge on any atom is 0.128 e. The van der Waals surface area contributed by atoms with Crippen LogP contribution in [0.1, 0.15) is 57.6 Å². The Bertz CT molecular complexity index is 2180. The van der Waals surface area contributed by atoms with Crippen LogP contribution < -0.4 is 5.19 Å². The van der Waals surface area contributed by atoms with E-state index < -0.39 is 8.07 Å². The first-order valence-corrected chi connectivity index (χ1v) is 20.9. The number of fused-ring (bicyclic) bond motifs is 3. The summed E-state index contributed by atoms with van der Waals surface area (Å²) < 4.78 is 6.50. The molecule has 0 amide bonds. The first kappa shape index (κ1) is 37.1. The van der Waals surface area contributed by atoms with Crippen LogP contribution in [0.2, 0.25) is 19.6 Å². The second-order valence-corrected chi connectivity index (χ2v) is 19.6. The summed E-state index contributed by atoms with van der Waals surface area (Å²) in [5.74, 6) is 1.57. The van der Waals surface area contributed by atoms with Gasteiger partial charge >= 0.3 is 0 Å². The number of para-hydroxylation sites is 1. The molecule has 1 unspecified atom stereocenters. The minimum Gasteiger partial charge on any atom is -0.500 e. The molecule has 0 aliphatic heterocycles. The van der Waals surface area contributed by atoms with Crippen molar-refractivity contribution in [2.24, 2.45) is 5.92 Å². The van der Waals surface area contributed by atoms with E-state index in [2.05, 4.69) is 155 Å². The van der Waals surface area contributed by atoms with Gasteiger partial charge in [-0.1, -0.05) is 137 Å². The van der Waals surface area contributed by atoms with E-state index in [9.17, 15) is 0 Å². The molecule has 0 bridgehead atoms. The minimum atomic E-state index is -1.34. The number of rotatable bonds is 7. The molecule has 4 aromatic carbocycles.